The Kier molecular flexibility index (Phi) is 4.85. The normalized spacial score (nSPS) is 11.2. The molecule has 0 aliphatic heterocycles. The van der Waals surface area contributed by atoms with Crippen LogP contribution in [-0.2, 0) is 11.8 Å². The van der Waals surface area contributed by atoms with Crippen LogP contribution in [-0.4, -0.2) is 28.6 Å². The number of methoxy groups -OCH3 is 1. The molecular weight excluding hydrogens is 318 g/mol. The first-order valence-electron chi connectivity index (χ1n) is 7.07. The zero-order valence-corrected chi connectivity index (χ0v) is 14.6. The summed E-state index contributed by atoms with van der Waals surface area (Å²) in [7, 11) is 3.33. The third-order valence-corrected chi connectivity index (χ3v) is 3.12. The molecular formula is C16H20ClN3O3. The number of anilines is 1. The molecule has 0 saturated carbocycles. The van der Waals surface area contributed by atoms with Crippen LogP contribution in [0.1, 0.15) is 20.8 Å². The fraction of sp³-hybridized carbons (Fsp3) is 0.375. The van der Waals surface area contributed by atoms with Gasteiger partial charge in [-0.15, -0.1) is 0 Å². The molecule has 0 spiro atoms. The molecule has 0 radical (unpaired) electrons. The van der Waals surface area contributed by atoms with E-state index in [2.05, 4.69) is 10.4 Å². The van der Waals surface area contributed by atoms with Crippen molar-refractivity contribution in [1.82, 2.24) is 9.78 Å². The molecule has 0 aliphatic carbocycles. The number of aryl methyl sites for hydroxylation is 1. The first kappa shape index (κ1) is 17.1. The number of rotatable bonds is 3. The van der Waals surface area contributed by atoms with Gasteiger partial charge in [0.15, 0.2) is 0 Å². The fourth-order valence-corrected chi connectivity index (χ4v) is 2.23. The highest BCUT2D eigenvalue weighted by molar-refractivity contribution is 6.31. The number of nitrogens with zero attached hydrogens (tertiary/aromatic N) is 2. The van der Waals surface area contributed by atoms with E-state index in [9.17, 15) is 4.79 Å². The Balaban J connectivity index is 2.38. The quantitative estimate of drug-likeness (QED) is 0.915. The Labute approximate surface area is 140 Å². The number of nitrogens with one attached hydrogen (secondary N) is 1. The molecule has 0 unspecified atom stereocenters. The number of aromatic nitrogens is 2. The Morgan fingerprint density at radius 1 is 1.35 bits per heavy atom. The summed E-state index contributed by atoms with van der Waals surface area (Å²) in [6.07, 6.45) is 1.15. The predicted octanol–water partition coefficient (Wildman–Crippen LogP) is 4.10. The van der Waals surface area contributed by atoms with Gasteiger partial charge in [-0.3, -0.25) is 10.00 Å². The van der Waals surface area contributed by atoms with E-state index in [1.165, 1.54) is 0 Å². The Bertz CT molecular complexity index is 720. The molecule has 124 valence electrons. The van der Waals surface area contributed by atoms with Crippen molar-refractivity contribution in [3.05, 3.63) is 29.4 Å². The molecule has 1 N–H and O–H groups in total. The second-order valence-corrected chi connectivity index (χ2v) is 6.47. The van der Waals surface area contributed by atoms with Crippen molar-refractivity contribution >= 4 is 23.4 Å². The standard InChI is InChI=1S/C16H20ClN3O3/c1-16(2,3)23-15(21)18-12-9-20(4)19-14(12)11-8-10(17)6-7-13(11)22-5/h6-9H,1-5H3,(H,18,21). The molecule has 0 atom stereocenters. The van der Waals surface area contributed by atoms with Crippen molar-refractivity contribution in [2.75, 3.05) is 12.4 Å². The zero-order valence-electron chi connectivity index (χ0n) is 13.8. The number of ether oxygens (including phenoxy) is 2. The average Bonchev–Trinajstić information content (AvgIpc) is 2.77. The Morgan fingerprint density at radius 3 is 2.65 bits per heavy atom. The SMILES string of the molecule is COc1ccc(Cl)cc1-c1nn(C)cc1NC(=O)OC(C)(C)C. The van der Waals surface area contributed by atoms with Crippen LogP contribution < -0.4 is 10.1 Å². The number of halogens is 1. The second kappa shape index (κ2) is 6.50. The largest absolute Gasteiger partial charge is 0.496 e. The van der Waals surface area contributed by atoms with Crippen LogP contribution in [0.3, 0.4) is 0 Å². The molecule has 23 heavy (non-hydrogen) atoms. The molecule has 7 heteroatoms. The second-order valence-electron chi connectivity index (χ2n) is 6.04. The monoisotopic (exact) mass is 337 g/mol. The van der Waals surface area contributed by atoms with Crippen LogP contribution in [0, 0.1) is 0 Å². The first-order valence-corrected chi connectivity index (χ1v) is 7.45. The van der Waals surface area contributed by atoms with E-state index >= 15 is 0 Å². The van der Waals surface area contributed by atoms with Gasteiger partial charge >= 0.3 is 6.09 Å². The summed E-state index contributed by atoms with van der Waals surface area (Å²) in [6, 6.07) is 5.22. The minimum atomic E-state index is -0.583. The maximum atomic E-state index is 12.0. The number of carbonyl (C=O) groups is 1. The van der Waals surface area contributed by atoms with Crippen LogP contribution in [0.25, 0.3) is 11.3 Å². The van der Waals surface area contributed by atoms with Crippen LogP contribution in [0.4, 0.5) is 10.5 Å². The zero-order chi connectivity index (χ0) is 17.2. The maximum Gasteiger partial charge on any atom is 0.412 e. The summed E-state index contributed by atoms with van der Waals surface area (Å²) in [4.78, 5) is 12.0. The first-order chi connectivity index (χ1) is 10.7. The van der Waals surface area contributed by atoms with Crippen molar-refractivity contribution in [3.63, 3.8) is 0 Å². The van der Waals surface area contributed by atoms with Gasteiger partial charge in [0.25, 0.3) is 0 Å². The number of benzene rings is 1. The summed E-state index contributed by atoms with van der Waals surface area (Å²) >= 11 is 6.07. The predicted molar refractivity (Wildman–Crippen MR) is 90.1 cm³/mol. The molecule has 0 bridgehead atoms. The number of carbonyl (C=O) groups excluding carboxylic acids is 1. The van der Waals surface area contributed by atoms with Crippen molar-refractivity contribution in [2.24, 2.45) is 7.05 Å². The van der Waals surface area contributed by atoms with E-state index in [1.54, 1.807) is 64.0 Å². The van der Waals surface area contributed by atoms with Crippen LogP contribution in [0.15, 0.2) is 24.4 Å². The number of amides is 1. The van der Waals surface area contributed by atoms with E-state index in [4.69, 9.17) is 21.1 Å². The summed E-state index contributed by atoms with van der Waals surface area (Å²) in [6.45, 7) is 5.41. The van der Waals surface area contributed by atoms with Gasteiger partial charge in [-0.2, -0.15) is 5.10 Å². The van der Waals surface area contributed by atoms with Gasteiger partial charge in [-0.25, -0.2) is 4.79 Å². The van der Waals surface area contributed by atoms with Crippen LogP contribution in [0.5, 0.6) is 5.75 Å². The van der Waals surface area contributed by atoms with Crippen molar-refractivity contribution in [3.8, 4) is 17.0 Å². The van der Waals surface area contributed by atoms with Crippen molar-refractivity contribution in [1.29, 1.82) is 0 Å². The van der Waals surface area contributed by atoms with Crippen molar-refractivity contribution in [2.45, 2.75) is 26.4 Å². The summed E-state index contributed by atoms with van der Waals surface area (Å²) in [5.41, 5.74) is 1.17. The molecule has 0 saturated heterocycles. The lowest BCUT2D eigenvalue weighted by atomic mass is 10.1. The highest BCUT2D eigenvalue weighted by atomic mass is 35.5. The average molecular weight is 338 g/mol. The fourth-order valence-electron chi connectivity index (χ4n) is 2.06. The topological polar surface area (TPSA) is 65.4 Å². The highest BCUT2D eigenvalue weighted by Crippen LogP contribution is 2.35. The molecule has 1 heterocycles. The van der Waals surface area contributed by atoms with Gasteiger partial charge in [0, 0.05) is 23.8 Å². The van der Waals surface area contributed by atoms with Crippen LogP contribution >= 0.6 is 11.6 Å². The third-order valence-electron chi connectivity index (χ3n) is 2.88. The van der Waals surface area contributed by atoms with E-state index in [0.717, 1.165) is 0 Å². The lowest BCUT2D eigenvalue weighted by Crippen LogP contribution is -2.27. The van der Waals surface area contributed by atoms with Gasteiger partial charge < -0.3 is 9.47 Å². The summed E-state index contributed by atoms with van der Waals surface area (Å²) in [5, 5.41) is 7.65. The van der Waals surface area contributed by atoms with Gasteiger partial charge in [0.1, 0.15) is 17.0 Å². The van der Waals surface area contributed by atoms with E-state index in [1.807, 2.05) is 0 Å². The number of hydrogen-bond acceptors (Lipinski definition) is 4. The van der Waals surface area contributed by atoms with E-state index in [0.29, 0.717) is 27.7 Å². The third kappa shape index (κ3) is 4.39. The molecule has 0 fully saturated rings. The summed E-state index contributed by atoms with van der Waals surface area (Å²) in [5.74, 6) is 0.611. The molecule has 0 aliphatic rings. The van der Waals surface area contributed by atoms with E-state index < -0.39 is 11.7 Å². The Hall–Kier alpha value is -2.21. The lowest BCUT2D eigenvalue weighted by Gasteiger charge is -2.19. The van der Waals surface area contributed by atoms with E-state index in [-0.39, 0.29) is 0 Å². The van der Waals surface area contributed by atoms with Gasteiger partial charge in [-0.1, -0.05) is 11.6 Å². The molecule has 1 aromatic heterocycles. The van der Waals surface area contributed by atoms with Gasteiger partial charge in [0.05, 0.1) is 12.8 Å². The summed E-state index contributed by atoms with van der Waals surface area (Å²) < 4.78 is 12.2. The highest BCUT2D eigenvalue weighted by Gasteiger charge is 2.20. The molecule has 2 aromatic rings. The molecule has 1 aromatic carbocycles. The molecule has 2 rings (SSSR count). The molecule has 6 nitrogen and oxygen atoms in total. The van der Waals surface area contributed by atoms with Gasteiger partial charge in [0.2, 0.25) is 0 Å². The number of hydrogen-bond donors (Lipinski definition) is 1. The minimum Gasteiger partial charge on any atom is -0.496 e. The maximum absolute atomic E-state index is 12.0. The lowest BCUT2D eigenvalue weighted by molar-refractivity contribution is 0.0636. The van der Waals surface area contributed by atoms with Crippen molar-refractivity contribution < 1.29 is 14.3 Å². The molecule has 1 amide bonds. The smallest absolute Gasteiger partial charge is 0.412 e. The minimum absolute atomic E-state index is 0.516. The Morgan fingerprint density at radius 2 is 2.04 bits per heavy atom. The van der Waals surface area contributed by atoms with Gasteiger partial charge in [-0.05, 0) is 39.0 Å². The van der Waals surface area contributed by atoms with Crippen LogP contribution in [0.2, 0.25) is 5.02 Å².